The van der Waals surface area contributed by atoms with Gasteiger partial charge in [-0.2, -0.15) is 0 Å². The number of nitrogens with one attached hydrogen (secondary N) is 1. The van der Waals surface area contributed by atoms with Crippen LogP contribution in [0.2, 0.25) is 0 Å². The third-order valence-electron chi connectivity index (χ3n) is 5.03. The van der Waals surface area contributed by atoms with E-state index in [2.05, 4.69) is 30.2 Å². The second kappa shape index (κ2) is 10.0. The van der Waals surface area contributed by atoms with Gasteiger partial charge in [-0.1, -0.05) is 17.3 Å². The lowest BCUT2D eigenvalue weighted by molar-refractivity contribution is 0.169. The number of halogens is 1. The highest BCUT2D eigenvalue weighted by molar-refractivity contribution is 5.80. The normalized spacial score (nSPS) is 15.2. The van der Waals surface area contributed by atoms with Crippen LogP contribution < -0.4 is 10.1 Å². The summed E-state index contributed by atoms with van der Waals surface area (Å²) in [6.07, 6.45) is 3.34. The average Bonchev–Trinajstić information content (AvgIpc) is 3.29. The van der Waals surface area contributed by atoms with E-state index in [4.69, 9.17) is 9.26 Å². The Morgan fingerprint density at radius 3 is 2.74 bits per heavy atom. The number of guanidine groups is 1. The lowest BCUT2D eigenvalue weighted by atomic mass is 10.2. The van der Waals surface area contributed by atoms with Crippen LogP contribution in [0.25, 0.3) is 0 Å². The van der Waals surface area contributed by atoms with Crippen LogP contribution in [0.4, 0.5) is 4.39 Å². The van der Waals surface area contributed by atoms with Crippen molar-refractivity contribution in [2.45, 2.75) is 13.1 Å². The molecule has 0 atom stereocenters. The third-order valence-corrected chi connectivity index (χ3v) is 5.03. The van der Waals surface area contributed by atoms with E-state index in [1.165, 1.54) is 12.1 Å². The van der Waals surface area contributed by atoms with Gasteiger partial charge in [-0.05, 0) is 17.7 Å². The van der Waals surface area contributed by atoms with Crippen molar-refractivity contribution in [3.05, 3.63) is 72.0 Å². The largest absolute Gasteiger partial charge is 0.439 e. The molecule has 1 saturated heterocycles. The van der Waals surface area contributed by atoms with Crippen LogP contribution in [-0.4, -0.2) is 59.1 Å². The molecule has 9 heteroatoms. The van der Waals surface area contributed by atoms with Gasteiger partial charge in [0.05, 0.1) is 5.69 Å². The number of aliphatic imine (C=N–C) groups is 1. The van der Waals surface area contributed by atoms with E-state index in [1.54, 1.807) is 37.7 Å². The molecule has 3 heterocycles. The van der Waals surface area contributed by atoms with E-state index < -0.39 is 0 Å². The van der Waals surface area contributed by atoms with Crippen LogP contribution in [-0.2, 0) is 13.1 Å². The summed E-state index contributed by atoms with van der Waals surface area (Å²) in [5.74, 6) is 1.35. The van der Waals surface area contributed by atoms with Gasteiger partial charge in [-0.25, -0.2) is 9.37 Å². The Morgan fingerprint density at radius 1 is 1.19 bits per heavy atom. The summed E-state index contributed by atoms with van der Waals surface area (Å²) in [6, 6.07) is 11.6. The van der Waals surface area contributed by atoms with Gasteiger partial charge in [0.15, 0.2) is 5.96 Å². The van der Waals surface area contributed by atoms with E-state index in [9.17, 15) is 4.39 Å². The number of piperazine rings is 1. The quantitative estimate of drug-likeness (QED) is 0.481. The average molecular weight is 424 g/mol. The van der Waals surface area contributed by atoms with E-state index in [-0.39, 0.29) is 5.82 Å². The van der Waals surface area contributed by atoms with Gasteiger partial charge in [-0.15, -0.1) is 0 Å². The fraction of sp³-hybridized carbons (Fsp3) is 0.318. The maximum absolute atomic E-state index is 13.3. The molecule has 1 aliphatic rings. The van der Waals surface area contributed by atoms with Crippen LogP contribution in [0.1, 0.15) is 11.3 Å². The molecule has 162 valence electrons. The zero-order valence-electron chi connectivity index (χ0n) is 17.4. The summed E-state index contributed by atoms with van der Waals surface area (Å²) in [6.45, 7) is 5.03. The molecule has 1 N–H and O–H groups in total. The Kier molecular flexibility index (Phi) is 6.73. The molecule has 0 saturated carbocycles. The summed E-state index contributed by atoms with van der Waals surface area (Å²) >= 11 is 0. The lowest BCUT2D eigenvalue weighted by Gasteiger charge is -2.36. The predicted molar refractivity (Wildman–Crippen MR) is 114 cm³/mol. The maximum Gasteiger partial charge on any atom is 0.219 e. The SMILES string of the molecule is CN=C(NCc1ccc(Oc2cccc(F)c2)nc1)N1CCN(Cc2ccon2)CC1. The number of ether oxygens (including phenoxy) is 1. The van der Waals surface area contributed by atoms with E-state index in [0.717, 1.165) is 49.9 Å². The molecule has 0 aliphatic carbocycles. The summed E-state index contributed by atoms with van der Waals surface area (Å²) in [5.41, 5.74) is 1.95. The zero-order valence-corrected chi connectivity index (χ0v) is 17.4. The smallest absolute Gasteiger partial charge is 0.219 e. The summed E-state index contributed by atoms with van der Waals surface area (Å²) in [4.78, 5) is 13.3. The molecule has 31 heavy (non-hydrogen) atoms. The van der Waals surface area contributed by atoms with Crippen LogP contribution in [0, 0.1) is 5.82 Å². The Hall–Kier alpha value is -3.46. The highest BCUT2D eigenvalue weighted by Gasteiger charge is 2.20. The van der Waals surface area contributed by atoms with Gasteiger partial charge in [0, 0.05) is 70.7 Å². The Balaban J connectivity index is 1.25. The van der Waals surface area contributed by atoms with Crippen molar-refractivity contribution >= 4 is 5.96 Å². The van der Waals surface area contributed by atoms with Gasteiger partial charge < -0.3 is 19.5 Å². The number of nitrogens with zero attached hydrogens (tertiary/aromatic N) is 5. The Morgan fingerprint density at radius 2 is 2.06 bits per heavy atom. The zero-order chi connectivity index (χ0) is 21.5. The minimum atomic E-state index is -0.344. The van der Waals surface area contributed by atoms with Crippen molar-refractivity contribution in [1.82, 2.24) is 25.3 Å². The number of pyridine rings is 1. The van der Waals surface area contributed by atoms with Crippen LogP contribution >= 0.6 is 0 Å². The summed E-state index contributed by atoms with van der Waals surface area (Å²) in [5, 5.41) is 7.37. The molecule has 0 spiro atoms. The first-order valence-corrected chi connectivity index (χ1v) is 10.1. The standard InChI is InChI=1S/C22H25FN6O2/c1-24-22(29-10-8-28(9-11-29)16-19-7-12-30-27-19)26-15-17-5-6-21(25-14-17)31-20-4-2-3-18(23)13-20/h2-7,12-14H,8-11,15-16H2,1H3,(H,24,26). The predicted octanol–water partition coefficient (Wildman–Crippen LogP) is 2.89. The molecular weight excluding hydrogens is 399 g/mol. The van der Waals surface area contributed by atoms with Crippen LogP contribution in [0.3, 0.4) is 0 Å². The van der Waals surface area contributed by atoms with Crippen molar-refractivity contribution in [3.8, 4) is 11.6 Å². The molecule has 0 amide bonds. The van der Waals surface area contributed by atoms with Crippen molar-refractivity contribution in [2.24, 2.45) is 4.99 Å². The second-order valence-corrected chi connectivity index (χ2v) is 7.22. The van der Waals surface area contributed by atoms with Crippen molar-refractivity contribution < 1.29 is 13.7 Å². The second-order valence-electron chi connectivity index (χ2n) is 7.22. The molecule has 8 nitrogen and oxygen atoms in total. The molecule has 0 radical (unpaired) electrons. The fourth-order valence-corrected chi connectivity index (χ4v) is 3.41. The molecule has 0 bridgehead atoms. The van der Waals surface area contributed by atoms with Gasteiger partial charge >= 0.3 is 0 Å². The minimum absolute atomic E-state index is 0.344. The third kappa shape index (κ3) is 5.79. The molecule has 1 aliphatic heterocycles. The monoisotopic (exact) mass is 424 g/mol. The molecule has 4 rings (SSSR count). The highest BCUT2D eigenvalue weighted by atomic mass is 19.1. The Labute approximate surface area is 180 Å². The number of hydrogen-bond donors (Lipinski definition) is 1. The number of aromatic nitrogens is 2. The molecule has 3 aromatic rings. The van der Waals surface area contributed by atoms with Crippen molar-refractivity contribution in [1.29, 1.82) is 0 Å². The Bertz CT molecular complexity index is 986. The number of benzene rings is 1. The van der Waals surface area contributed by atoms with E-state index in [0.29, 0.717) is 18.2 Å². The number of hydrogen-bond acceptors (Lipinski definition) is 6. The first-order valence-electron chi connectivity index (χ1n) is 10.1. The summed E-state index contributed by atoms with van der Waals surface area (Å²) < 4.78 is 23.8. The fourth-order valence-electron chi connectivity index (χ4n) is 3.41. The first-order chi connectivity index (χ1) is 15.2. The minimum Gasteiger partial charge on any atom is -0.439 e. The van der Waals surface area contributed by atoms with Crippen molar-refractivity contribution in [2.75, 3.05) is 33.2 Å². The van der Waals surface area contributed by atoms with E-state index >= 15 is 0 Å². The van der Waals surface area contributed by atoms with Gasteiger partial charge in [-0.3, -0.25) is 9.89 Å². The van der Waals surface area contributed by atoms with Gasteiger partial charge in [0.2, 0.25) is 5.88 Å². The first kappa shape index (κ1) is 20.8. The van der Waals surface area contributed by atoms with Gasteiger partial charge in [0.25, 0.3) is 0 Å². The summed E-state index contributed by atoms with van der Waals surface area (Å²) in [7, 11) is 1.79. The molecule has 2 aromatic heterocycles. The molecule has 1 aromatic carbocycles. The van der Waals surface area contributed by atoms with E-state index in [1.807, 2.05) is 12.1 Å². The van der Waals surface area contributed by atoms with Crippen molar-refractivity contribution in [3.63, 3.8) is 0 Å². The topological polar surface area (TPSA) is 79.0 Å². The van der Waals surface area contributed by atoms with Crippen LogP contribution in [0.5, 0.6) is 11.6 Å². The van der Waals surface area contributed by atoms with Crippen LogP contribution in [0.15, 0.2) is 64.4 Å². The lowest BCUT2D eigenvalue weighted by Crippen LogP contribution is -2.52. The van der Waals surface area contributed by atoms with Gasteiger partial charge in [0.1, 0.15) is 17.8 Å². The number of rotatable bonds is 6. The molecular formula is C22H25FN6O2. The molecule has 0 unspecified atom stereocenters. The molecule has 1 fully saturated rings. The highest BCUT2D eigenvalue weighted by Crippen LogP contribution is 2.20. The maximum atomic E-state index is 13.3.